The minimum absolute atomic E-state index is 0.454. The number of benzene rings is 1. The van der Waals surface area contributed by atoms with Gasteiger partial charge in [-0.1, -0.05) is 42.5 Å². The first kappa shape index (κ1) is 10.4. The molecule has 0 atom stereocenters. The maximum atomic E-state index is 5.60. The Kier molecular flexibility index (Phi) is 3.94. The lowest BCUT2D eigenvalue weighted by Crippen LogP contribution is -2.48. The summed E-state index contributed by atoms with van der Waals surface area (Å²) in [6.45, 7) is 2.86. The molecule has 0 aliphatic carbocycles. The maximum Gasteiger partial charge on any atom is 0.0823 e. The van der Waals surface area contributed by atoms with E-state index in [-0.39, 0.29) is 0 Å². The summed E-state index contributed by atoms with van der Waals surface area (Å²) in [6, 6.07) is 10.3. The quantitative estimate of drug-likeness (QED) is 0.740. The van der Waals surface area contributed by atoms with Crippen LogP contribution in [0.4, 0.5) is 0 Å². The van der Waals surface area contributed by atoms with E-state index >= 15 is 0 Å². The Morgan fingerprint density at radius 3 is 2.73 bits per heavy atom. The minimum atomic E-state index is 0.454. The van der Waals surface area contributed by atoms with Crippen LogP contribution in [0.1, 0.15) is 12.0 Å². The Bertz CT molecular complexity index is 304. The predicted octanol–water partition coefficient (Wildman–Crippen LogP) is 2.08. The fourth-order valence-electron chi connectivity index (χ4n) is 1.47. The van der Waals surface area contributed by atoms with Gasteiger partial charge in [0.25, 0.3) is 0 Å². The molecular formula is C13H17NO. The van der Waals surface area contributed by atoms with Crippen LogP contribution in [0.2, 0.25) is 0 Å². The summed E-state index contributed by atoms with van der Waals surface area (Å²) >= 11 is 0. The van der Waals surface area contributed by atoms with Crippen molar-refractivity contribution >= 4 is 6.08 Å². The van der Waals surface area contributed by atoms with Crippen molar-refractivity contribution in [3.63, 3.8) is 0 Å². The van der Waals surface area contributed by atoms with Crippen LogP contribution in [0.3, 0.4) is 0 Å². The zero-order valence-electron chi connectivity index (χ0n) is 8.86. The zero-order chi connectivity index (χ0) is 10.3. The number of nitrogens with one attached hydrogen (secondary N) is 1. The van der Waals surface area contributed by atoms with Crippen molar-refractivity contribution < 1.29 is 4.74 Å². The molecule has 80 valence electrons. The van der Waals surface area contributed by atoms with Gasteiger partial charge in [0.15, 0.2) is 0 Å². The van der Waals surface area contributed by atoms with Crippen LogP contribution < -0.4 is 5.32 Å². The lowest BCUT2D eigenvalue weighted by atomic mass is 10.2. The maximum absolute atomic E-state index is 5.60. The van der Waals surface area contributed by atoms with Crippen LogP contribution in [-0.2, 0) is 4.74 Å². The van der Waals surface area contributed by atoms with Gasteiger partial charge in [-0.3, -0.25) is 0 Å². The molecule has 1 aromatic carbocycles. The first-order valence-electron chi connectivity index (χ1n) is 5.49. The molecular weight excluding hydrogens is 186 g/mol. The van der Waals surface area contributed by atoms with Crippen molar-refractivity contribution in [1.82, 2.24) is 5.32 Å². The molecule has 1 aliphatic rings. The molecule has 0 spiro atoms. The molecule has 1 saturated heterocycles. The van der Waals surface area contributed by atoms with Gasteiger partial charge < -0.3 is 10.1 Å². The van der Waals surface area contributed by atoms with E-state index in [9.17, 15) is 0 Å². The highest BCUT2D eigenvalue weighted by atomic mass is 16.5. The summed E-state index contributed by atoms with van der Waals surface area (Å²) in [6.07, 6.45) is 5.75. The van der Waals surface area contributed by atoms with E-state index in [1.165, 1.54) is 5.56 Å². The summed E-state index contributed by atoms with van der Waals surface area (Å²) < 4.78 is 5.60. The van der Waals surface area contributed by atoms with E-state index in [0.717, 1.165) is 26.1 Å². The molecule has 2 heteroatoms. The SMILES string of the molecule is C(=C\c1ccccc1)/CCOC1CNC1. The molecule has 0 aromatic heterocycles. The number of hydrogen-bond acceptors (Lipinski definition) is 2. The third kappa shape index (κ3) is 3.50. The average molecular weight is 203 g/mol. The largest absolute Gasteiger partial charge is 0.375 e. The summed E-state index contributed by atoms with van der Waals surface area (Å²) in [5.74, 6) is 0. The van der Waals surface area contributed by atoms with Gasteiger partial charge in [0.1, 0.15) is 0 Å². The molecule has 1 fully saturated rings. The van der Waals surface area contributed by atoms with E-state index in [1.54, 1.807) is 0 Å². The van der Waals surface area contributed by atoms with Crippen molar-refractivity contribution in [1.29, 1.82) is 0 Å². The Morgan fingerprint density at radius 2 is 2.07 bits per heavy atom. The lowest BCUT2D eigenvalue weighted by Gasteiger charge is -2.26. The summed E-state index contributed by atoms with van der Waals surface area (Å²) in [4.78, 5) is 0. The molecule has 1 heterocycles. The summed E-state index contributed by atoms with van der Waals surface area (Å²) in [5.41, 5.74) is 1.25. The lowest BCUT2D eigenvalue weighted by molar-refractivity contribution is 0.0217. The van der Waals surface area contributed by atoms with Crippen LogP contribution in [0.5, 0.6) is 0 Å². The highest BCUT2D eigenvalue weighted by molar-refractivity contribution is 5.48. The normalized spacial score (nSPS) is 16.8. The van der Waals surface area contributed by atoms with E-state index in [0.29, 0.717) is 6.10 Å². The number of ether oxygens (including phenoxy) is 1. The third-order valence-corrected chi connectivity index (χ3v) is 2.49. The third-order valence-electron chi connectivity index (χ3n) is 2.49. The fraction of sp³-hybridized carbons (Fsp3) is 0.385. The molecule has 2 rings (SSSR count). The van der Waals surface area contributed by atoms with Crippen LogP contribution in [0, 0.1) is 0 Å². The van der Waals surface area contributed by atoms with Crippen molar-refractivity contribution in [3.8, 4) is 0 Å². The van der Waals surface area contributed by atoms with Gasteiger partial charge in [-0.2, -0.15) is 0 Å². The van der Waals surface area contributed by atoms with Crippen LogP contribution in [-0.4, -0.2) is 25.8 Å². The van der Waals surface area contributed by atoms with Crippen molar-refractivity contribution in [3.05, 3.63) is 42.0 Å². The van der Waals surface area contributed by atoms with Gasteiger partial charge in [0, 0.05) is 13.1 Å². The van der Waals surface area contributed by atoms with Crippen LogP contribution in [0.25, 0.3) is 6.08 Å². The Morgan fingerprint density at radius 1 is 1.27 bits per heavy atom. The second kappa shape index (κ2) is 5.69. The average Bonchev–Trinajstić information content (AvgIpc) is 2.22. The van der Waals surface area contributed by atoms with E-state index in [2.05, 4.69) is 41.7 Å². The molecule has 2 nitrogen and oxygen atoms in total. The van der Waals surface area contributed by atoms with Crippen LogP contribution in [0.15, 0.2) is 36.4 Å². The van der Waals surface area contributed by atoms with E-state index in [1.807, 2.05) is 6.07 Å². The number of rotatable bonds is 5. The van der Waals surface area contributed by atoms with E-state index < -0.39 is 0 Å². The van der Waals surface area contributed by atoms with Gasteiger partial charge in [-0.05, 0) is 12.0 Å². The summed E-state index contributed by atoms with van der Waals surface area (Å²) in [5, 5.41) is 3.18. The first-order valence-corrected chi connectivity index (χ1v) is 5.49. The fourth-order valence-corrected chi connectivity index (χ4v) is 1.47. The monoisotopic (exact) mass is 203 g/mol. The smallest absolute Gasteiger partial charge is 0.0823 e. The van der Waals surface area contributed by atoms with Gasteiger partial charge in [0.2, 0.25) is 0 Å². The Hall–Kier alpha value is -1.12. The van der Waals surface area contributed by atoms with Gasteiger partial charge >= 0.3 is 0 Å². The number of hydrogen-bond donors (Lipinski definition) is 1. The standard InChI is InChI=1S/C13H17NO/c1-2-6-12(7-3-1)8-4-5-9-15-13-10-14-11-13/h1-4,6-8,13-14H,5,9-11H2/b8-4+. The highest BCUT2D eigenvalue weighted by Crippen LogP contribution is 2.03. The molecule has 0 bridgehead atoms. The topological polar surface area (TPSA) is 21.3 Å². The molecule has 15 heavy (non-hydrogen) atoms. The summed E-state index contributed by atoms with van der Waals surface area (Å²) in [7, 11) is 0. The van der Waals surface area contributed by atoms with Crippen LogP contribution >= 0.6 is 0 Å². The first-order chi connectivity index (χ1) is 7.45. The van der Waals surface area contributed by atoms with Gasteiger partial charge in [-0.25, -0.2) is 0 Å². The molecule has 0 saturated carbocycles. The predicted molar refractivity (Wildman–Crippen MR) is 62.7 cm³/mol. The molecule has 0 unspecified atom stereocenters. The minimum Gasteiger partial charge on any atom is -0.375 e. The van der Waals surface area contributed by atoms with Crippen molar-refractivity contribution in [2.45, 2.75) is 12.5 Å². The van der Waals surface area contributed by atoms with Gasteiger partial charge in [0.05, 0.1) is 12.7 Å². The molecule has 1 N–H and O–H groups in total. The second-order valence-electron chi connectivity index (χ2n) is 3.75. The van der Waals surface area contributed by atoms with Crippen molar-refractivity contribution in [2.75, 3.05) is 19.7 Å². The molecule has 1 aromatic rings. The highest BCUT2D eigenvalue weighted by Gasteiger charge is 2.15. The Balaban J connectivity index is 1.62. The molecule has 1 aliphatic heterocycles. The van der Waals surface area contributed by atoms with Gasteiger partial charge in [-0.15, -0.1) is 0 Å². The van der Waals surface area contributed by atoms with Crippen molar-refractivity contribution in [2.24, 2.45) is 0 Å². The second-order valence-corrected chi connectivity index (χ2v) is 3.75. The molecule has 0 radical (unpaired) electrons. The zero-order valence-corrected chi connectivity index (χ0v) is 8.86. The van der Waals surface area contributed by atoms with E-state index in [4.69, 9.17) is 4.74 Å². The Labute approximate surface area is 91.0 Å². The molecule has 0 amide bonds.